The van der Waals surface area contributed by atoms with Gasteiger partial charge in [-0.1, -0.05) is 32.5 Å². The molecule has 0 aliphatic carbocycles. The van der Waals surface area contributed by atoms with Gasteiger partial charge < -0.3 is 5.32 Å². The van der Waals surface area contributed by atoms with Crippen molar-refractivity contribution in [2.24, 2.45) is 5.41 Å². The third kappa shape index (κ3) is 7.46. The zero-order valence-electron chi connectivity index (χ0n) is 14.2. The summed E-state index contributed by atoms with van der Waals surface area (Å²) in [6.07, 6.45) is 0.927. The third-order valence-electron chi connectivity index (χ3n) is 2.74. The number of hydrogen-bond donors (Lipinski definition) is 1. The Morgan fingerprint density at radius 2 is 1.67 bits per heavy atom. The molecule has 5 heteroatoms. The Bertz CT molecular complexity index is 486. The quantitative estimate of drug-likeness (QED) is 0.668. The van der Waals surface area contributed by atoms with Crippen LogP contribution in [0, 0.1) is 19.3 Å². The summed E-state index contributed by atoms with van der Waals surface area (Å²) >= 11 is 1.38. The van der Waals surface area contributed by atoms with Gasteiger partial charge >= 0.3 is 0 Å². The topological polar surface area (TPSA) is 54.9 Å². The van der Waals surface area contributed by atoms with Gasteiger partial charge in [0.2, 0.25) is 5.91 Å². The van der Waals surface area contributed by atoms with Crippen LogP contribution in [-0.4, -0.2) is 27.2 Å². The maximum atomic E-state index is 12.1. The smallest absolute Gasteiger partial charge is 0.230 e. The van der Waals surface area contributed by atoms with Crippen LogP contribution in [0.15, 0.2) is 11.2 Å². The van der Waals surface area contributed by atoms with Crippen molar-refractivity contribution in [3.8, 4) is 0 Å². The van der Waals surface area contributed by atoms with Crippen LogP contribution >= 0.6 is 11.8 Å². The highest BCUT2D eigenvalue weighted by Crippen LogP contribution is 2.27. The first-order valence-corrected chi connectivity index (χ1v) is 8.21. The normalized spacial score (nSPS) is 12.3. The van der Waals surface area contributed by atoms with Crippen LogP contribution in [0.2, 0.25) is 0 Å². The number of carbonyl (C=O) groups is 1. The Kier molecular flexibility index (Phi) is 5.79. The predicted octanol–water partition coefficient (Wildman–Crippen LogP) is 3.52. The van der Waals surface area contributed by atoms with Crippen LogP contribution in [0.1, 0.15) is 52.4 Å². The largest absolute Gasteiger partial charge is 0.350 e. The molecule has 4 nitrogen and oxygen atoms in total. The van der Waals surface area contributed by atoms with Crippen LogP contribution in [-0.2, 0) is 4.79 Å². The molecular weight excluding hydrogens is 282 g/mol. The van der Waals surface area contributed by atoms with Gasteiger partial charge in [0.05, 0.1) is 5.75 Å². The Morgan fingerprint density at radius 3 is 2.14 bits per heavy atom. The summed E-state index contributed by atoms with van der Waals surface area (Å²) in [5.41, 5.74) is 1.83. The number of hydrogen-bond acceptors (Lipinski definition) is 4. The number of carbonyl (C=O) groups excluding carboxylic acids is 1. The fourth-order valence-electron chi connectivity index (χ4n) is 2.67. The minimum absolute atomic E-state index is 0.0250. The highest BCUT2D eigenvalue weighted by atomic mass is 32.2. The first-order valence-electron chi connectivity index (χ1n) is 7.23. The van der Waals surface area contributed by atoms with Crippen LogP contribution < -0.4 is 5.32 Å². The summed E-state index contributed by atoms with van der Waals surface area (Å²) in [5.74, 6) is 0.369. The number of rotatable bonds is 5. The molecule has 0 aliphatic rings. The second-order valence-corrected chi connectivity index (χ2v) is 8.33. The maximum absolute atomic E-state index is 12.1. The zero-order valence-corrected chi connectivity index (χ0v) is 15.0. The van der Waals surface area contributed by atoms with Crippen LogP contribution in [0.5, 0.6) is 0 Å². The van der Waals surface area contributed by atoms with Gasteiger partial charge in [-0.15, -0.1) is 0 Å². The minimum atomic E-state index is -0.209. The molecule has 1 N–H and O–H groups in total. The summed E-state index contributed by atoms with van der Waals surface area (Å²) in [6.45, 7) is 14.5. The molecule has 1 heterocycles. The molecule has 1 aromatic heterocycles. The number of nitrogens with zero attached hydrogens (tertiary/aromatic N) is 2. The van der Waals surface area contributed by atoms with Crippen LogP contribution in [0.3, 0.4) is 0 Å². The van der Waals surface area contributed by atoms with Gasteiger partial charge in [-0.3, -0.25) is 4.79 Å². The molecule has 0 saturated heterocycles. The summed E-state index contributed by atoms with van der Waals surface area (Å²) < 4.78 is 0. The highest BCUT2D eigenvalue weighted by Gasteiger charge is 2.26. The lowest BCUT2D eigenvalue weighted by Crippen LogP contribution is -2.46. The van der Waals surface area contributed by atoms with Gasteiger partial charge in [-0.25, -0.2) is 9.97 Å². The summed E-state index contributed by atoms with van der Waals surface area (Å²) in [7, 11) is 0. The van der Waals surface area contributed by atoms with E-state index in [9.17, 15) is 4.79 Å². The average molecular weight is 309 g/mol. The maximum Gasteiger partial charge on any atom is 0.230 e. The van der Waals surface area contributed by atoms with Gasteiger partial charge in [0.15, 0.2) is 5.16 Å². The molecule has 21 heavy (non-hydrogen) atoms. The molecule has 0 atom stereocenters. The molecule has 0 aromatic carbocycles. The van der Waals surface area contributed by atoms with E-state index in [0.717, 1.165) is 17.8 Å². The van der Waals surface area contributed by atoms with E-state index in [2.05, 4.69) is 49.9 Å². The molecule has 1 aromatic rings. The molecule has 0 aliphatic heterocycles. The summed E-state index contributed by atoms with van der Waals surface area (Å²) in [4.78, 5) is 20.8. The van der Waals surface area contributed by atoms with Crippen molar-refractivity contribution in [3.05, 3.63) is 17.5 Å². The predicted molar refractivity (Wildman–Crippen MR) is 88.5 cm³/mol. The van der Waals surface area contributed by atoms with Gasteiger partial charge in [0.1, 0.15) is 0 Å². The monoisotopic (exact) mass is 309 g/mol. The molecule has 118 valence electrons. The lowest BCUT2D eigenvalue weighted by atomic mass is 9.82. The van der Waals surface area contributed by atoms with Gasteiger partial charge in [0, 0.05) is 16.9 Å². The number of nitrogens with one attached hydrogen (secondary N) is 1. The van der Waals surface area contributed by atoms with Crippen molar-refractivity contribution in [1.29, 1.82) is 0 Å². The fraction of sp³-hybridized carbons (Fsp3) is 0.688. The SMILES string of the molecule is Cc1cc(C)nc(SCC(=O)NC(C)(C)CC(C)(C)C)n1. The molecule has 1 rings (SSSR count). The van der Waals surface area contributed by atoms with E-state index in [-0.39, 0.29) is 16.9 Å². The van der Waals surface area contributed by atoms with E-state index in [1.165, 1.54) is 11.8 Å². The van der Waals surface area contributed by atoms with Crippen molar-refractivity contribution in [3.63, 3.8) is 0 Å². The number of aryl methyl sites for hydroxylation is 2. The lowest BCUT2D eigenvalue weighted by molar-refractivity contribution is -0.120. The van der Waals surface area contributed by atoms with Crippen molar-refractivity contribution >= 4 is 17.7 Å². The Balaban J connectivity index is 2.54. The molecular formula is C16H27N3OS. The summed E-state index contributed by atoms with van der Waals surface area (Å²) in [5, 5.41) is 3.76. The second kappa shape index (κ2) is 6.77. The molecule has 0 bridgehead atoms. The molecule has 1 amide bonds. The number of aromatic nitrogens is 2. The Morgan fingerprint density at radius 1 is 1.14 bits per heavy atom. The van der Waals surface area contributed by atoms with E-state index < -0.39 is 0 Å². The van der Waals surface area contributed by atoms with E-state index in [4.69, 9.17) is 0 Å². The minimum Gasteiger partial charge on any atom is -0.350 e. The average Bonchev–Trinajstić information content (AvgIpc) is 2.20. The highest BCUT2D eigenvalue weighted by molar-refractivity contribution is 7.99. The summed E-state index contributed by atoms with van der Waals surface area (Å²) in [6, 6.07) is 1.93. The van der Waals surface area contributed by atoms with Gasteiger partial charge in [-0.05, 0) is 45.6 Å². The molecule has 0 saturated carbocycles. The first-order chi connectivity index (χ1) is 9.47. The van der Waals surface area contributed by atoms with Crippen LogP contribution in [0.4, 0.5) is 0 Å². The molecule has 0 fully saturated rings. The fourth-order valence-corrected chi connectivity index (χ4v) is 3.42. The van der Waals surface area contributed by atoms with Gasteiger partial charge in [0.25, 0.3) is 0 Å². The number of thioether (sulfide) groups is 1. The standard InChI is InChI=1S/C16H27N3OS/c1-11-8-12(2)18-14(17-11)21-9-13(20)19-16(6,7)10-15(3,4)5/h8H,9-10H2,1-7H3,(H,19,20). The van der Waals surface area contributed by atoms with Crippen molar-refractivity contribution in [2.45, 2.75) is 65.6 Å². The van der Waals surface area contributed by atoms with Crippen molar-refractivity contribution < 1.29 is 4.79 Å². The second-order valence-electron chi connectivity index (χ2n) is 7.39. The van der Waals surface area contributed by atoms with E-state index in [1.807, 2.05) is 19.9 Å². The lowest BCUT2D eigenvalue weighted by Gasteiger charge is -2.33. The molecule has 0 spiro atoms. The van der Waals surface area contributed by atoms with Crippen LogP contribution in [0.25, 0.3) is 0 Å². The number of amides is 1. The van der Waals surface area contributed by atoms with Crippen molar-refractivity contribution in [1.82, 2.24) is 15.3 Å². The van der Waals surface area contributed by atoms with E-state index in [1.54, 1.807) is 0 Å². The van der Waals surface area contributed by atoms with Crippen molar-refractivity contribution in [2.75, 3.05) is 5.75 Å². The molecule has 0 radical (unpaired) electrons. The zero-order chi connectivity index (χ0) is 16.3. The molecule has 0 unspecified atom stereocenters. The van der Waals surface area contributed by atoms with Gasteiger partial charge in [-0.2, -0.15) is 0 Å². The Labute approximate surface area is 132 Å². The first kappa shape index (κ1) is 18.0. The Hall–Kier alpha value is -1.10. The van der Waals surface area contributed by atoms with E-state index in [0.29, 0.717) is 10.9 Å². The van der Waals surface area contributed by atoms with E-state index >= 15 is 0 Å². The third-order valence-corrected chi connectivity index (χ3v) is 3.59.